The smallest absolute Gasteiger partial charge is 0.231 e. The van der Waals surface area contributed by atoms with Crippen molar-refractivity contribution in [3.05, 3.63) is 52.2 Å². The van der Waals surface area contributed by atoms with Crippen molar-refractivity contribution in [3.63, 3.8) is 0 Å². The normalized spacial score (nSPS) is 22.6. The number of thioether (sulfide) groups is 1. The number of hydrogen-bond donors (Lipinski definition) is 1. The predicted octanol–water partition coefficient (Wildman–Crippen LogP) is 3.76. The largest absolute Gasteiger partial charge is 0.305 e. The van der Waals surface area contributed by atoms with Crippen molar-refractivity contribution in [1.82, 2.24) is 5.32 Å². The molecule has 4 rings (SSSR count). The second-order valence-corrected chi connectivity index (χ2v) is 8.79. The summed E-state index contributed by atoms with van der Waals surface area (Å²) in [5.74, 6) is 0.620. The van der Waals surface area contributed by atoms with Crippen LogP contribution in [0.2, 0.25) is 0 Å². The van der Waals surface area contributed by atoms with Gasteiger partial charge >= 0.3 is 0 Å². The van der Waals surface area contributed by atoms with Gasteiger partial charge in [-0.2, -0.15) is 0 Å². The first kappa shape index (κ1) is 18.3. The topological polar surface area (TPSA) is 61.8 Å². The Hall–Kier alpha value is -2.12. The van der Waals surface area contributed by atoms with E-state index in [4.69, 9.17) is 0 Å². The van der Waals surface area contributed by atoms with Gasteiger partial charge in [0, 0.05) is 22.7 Å². The molecule has 5 nitrogen and oxygen atoms in total. The lowest BCUT2D eigenvalue weighted by Gasteiger charge is -2.40. The number of piperidine rings is 1. The Morgan fingerprint density at radius 1 is 1.26 bits per heavy atom. The molecule has 2 aliphatic rings. The van der Waals surface area contributed by atoms with Crippen LogP contribution in [-0.4, -0.2) is 29.3 Å². The number of aliphatic imine (C=N–C) groups is 1. The molecule has 27 heavy (non-hydrogen) atoms. The number of nitrogens with zero attached hydrogens (tertiary/aromatic N) is 2. The summed E-state index contributed by atoms with van der Waals surface area (Å²) < 4.78 is 0. The summed E-state index contributed by atoms with van der Waals surface area (Å²) in [7, 11) is 0. The van der Waals surface area contributed by atoms with Crippen LogP contribution in [0.4, 0.5) is 5.69 Å². The fourth-order valence-corrected chi connectivity index (χ4v) is 5.18. The number of carbonyl (C=O) groups is 2. The van der Waals surface area contributed by atoms with Crippen LogP contribution in [0.25, 0.3) is 0 Å². The van der Waals surface area contributed by atoms with Crippen LogP contribution in [-0.2, 0) is 9.59 Å². The molecule has 140 valence electrons. The lowest BCUT2D eigenvalue weighted by molar-refractivity contribution is -0.128. The number of hydrogen-bond acceptors (Lipinski definition) is 5. The quantitative estimate of drug-likeness (QED) is 0.855. The van der Waals surface area contributed by atoms with Gasteiger partial charge < -0.3 is 10.2 Å². The van der Waals surface area contributed by atoms with E-state index in [0.717, 1.165) is 28.4 Å². The summed E-state index contributed by atoms with van der Waals surface area (Å²) in [5.41, 5.74) is 1.98. The average molecular weight is 400 g/mol. The van der Waals surface area contributed by atoms with Gasteiger partial charge in [-0.25, -0.2) is 0 Å². The molecule has 3 heterocycles. The third-order valence-electron chi connectivity index (χ3n) is 4.90. The highest BCUT2D eigenvalue weighted by atomic mass is 32.2. The van der Waals surface area contributed by atoms with E-state index in [1.54, 1.807) is 23.1 Å². The summed E-state index contributed by atoms with van der Waals surface area (Å²) in [6, 6.07) is 11.6. The van der Waals surface area contributed by atoms with Gasteiger partial charge in [0.1, 0.15) is 0 Å². The van der Waals surface area contributed by atoms with Crippen LogP contribution >= 0.6 is 23.1 Å². The van der Waals surface area contributed by atoms with E-state index in [-0.39, 0.29) is 23.8 Å². The van der Waals surface area contributed by atoms with Crippen molar-refractivity contribution in [3.8, 4) is 0 Å². The van der Waals surface area contributed by atoms with Crippen molar-refractivity contribution in [2.24, 2.45) is 10.9 Å². The second-order valence-electron chi connectivity index (χ2n) is 6.73. The second kappa shape index (κ2) is 7.86. The Labute approximate surface area is 166 Å². The van der Waals surface area contributed by atoms with E-state index < -0.39 is 0 Å². The number of amidine groups is 1. The van der Waals surface area contributed by atoms with Gasteiger partial charge in [-0.3, -0.25) is 14.6 Å². The van der Waals surface area contributed by atoms with Gasteiger partial charge in [-0.1, -0.05) is 35.5 Å². The Kier molecular flexibility index (Phi) is 5.31. The van der Waals surface area contributed by atoms with Crippen LogP contribution in [0.1, 0.15) is 29.3 Å². The monoisotopic (exact) mass is 399 g/mol. The lowest BCUT2D eigenvalue weighted by atomic mass is 9.86. The molecule has 0 aliphatic carbocycles. The molecule has 1 N–H and O–H groups in total. The maximum Gasteiger partial charge on any atom is 0.231 e. The van der Waals surface area contributed by atoms with Crippen molar-refractivity contribution >= 4 is 45.8 Å². The maximum absolute atomic E-state index is 13.1. The number of nitrogens with one attached hydrogen (secondary N) is 1. The zero-order valence-corrected chi connectivity index (χ0v) is 16.7. The number of benzene rings is 1. The van der Waals surface area contributed by atoms with Crippen molar-refractivity contribution in [1.29, 1.82) is 0 Å². The third-order valence-corrected chi connectivity index (χ3v) is 6.73. The molecule has 2 aliphatic heterocycles. The molecule has 1 fully saturated rings. The van der Waals surface area contributed by atoms with Crippen LogP contribution < -0.4 is 10.2 Å². The third kappa shape index (κ3) is 3.80. The molecule has 0 saturated carbocycles. The van der Waals surface area contributed by atoms with Crippen molar-refractivity contribution in [2.45, 2.75) is 25.8 Å². The fraction of sp³-hybridized carbons (Fsp3) is 0.350. The number of anilines is 1. The first-order valence-corrected chi connectivity index (χ1v) is 10.9. The molecule has 2 amide bonds. The molecule has 0 unspecified atom stereocenters. The number of amides is 2. The minimum Gasteiger partial charge on any atom is -0.305 e. The number of aryl methyl sites for hydroxylation is 1. The predicted molar refractivity (Wildman–Crippen MR) is 111 cm³/mol. The molecule has 2 aromatic rings. The summed E-state index contributed by atoms with van der Waals surface area (Å²) in [6.45, 7) is 2.77. The number of rotatable bonds is 3. The Morgan fingerprint density at radius 2 is 2.07 bits per heavy atom. The van der Waals surface area contributed by atoms with Gasteiger partial charge in [-0.15, -0.1) is 11.3 Å². The summed E-state index contributed by atoms with van der Waals surface area (Å²) in [6.07, 6.45) is 0.918. The molecule has 1 aromatic heterocycles. The molecular weight excluding hydrogens is 378 g/mol. The first-order valence-electron chi connectivity index (χ1n) is 9.04. The Morgan fingerprint density at radius 3 is 2.74 bits per heavy atom. The maximum atomic E-state index is 13.1. The van der Waals surface area contributed by atoms with E-state index in [1.807, 2.05) is 53.6 Å². The van der Waals surface area contributed by atoms with Crippen LogP contribution in [0.5, 0.6) is 0 Å². The zero-order valence-electron chi connectivity index (χ0n) is 15.1. The molecular formula is C20H21N3O2S2. The SMILES string of the molecule is Cc1ccc(N2C(=O)CC[C@H](C(=O)NC3=NCCS3)[C@H]2c2cccs2)cc1. The Balaban J connectivity index is 1.69. The average Bonchev–Trinajstić information content (AvgIpc) is 3.36. The molecule has 0 spiro atoms. The highest BCUT2D eigenvalue weighted by Crippen LogP contribution is 2.41. The summed E-state index contributed by atoms with van der Waals surface area (Å²) >= 11 is 3.16. The van der Waals surface area contributed by atoms with Gasteiger partial charge in [-0.05, 0) is 36.9 Å². The van der Waals surface area contributed by atoms with Gasteiger partial charge in [0.2, 0.25) is 11.8 Å². The highest BCUT2D eigenvalue weighted by Gasteiger charge is 2.42. The van der Waals surface area contributed by atoms with Gasteiger partial charge in [0.15, 0.2) is 5.17 Å². The van der Waals surface area contributed by atoms with E-state index in [2.05, 4.69) is 10.3 Å². The van der Waals surface area contributed by atoms with Gasteiger partial charge in [0.05, 0.1) is 18.5 Å². The van der Waals surface area contributed by atoms with E-state index in [9.17, 15) is 9.59 Å². The molecule has 2 atom stereocenters. The molecule has 1 saturated heterocycles. The number of thiophene rings is 1. The minimum absolute atomic E-state index is 0.0499. The minimum atomic E-state index is -0.299. The van der Waals surface area contributed by atoms with E-state index in [1.165, 1.54) is 0 Å². The van der Waals surface area contributed by atoms with Gasteiger partial charge in [0.25, 0.3) is 0 Å². The summed E-state index contributed by atoms with van der Waals surface area (Å²) in [5, 5.41) is 5.67. The molecule has 0 bridgehead atoms. The first-order chi connectivity index (χ1) is 13.1. The fourth-order valence-electron chi connectivity index (χ4n) is 3.57. The van der Waals surface area contributed by atoms with Crippen LogP contribution in [0.3, 0.4) is 0 Å². The van der Waals surface area contributed by atoms with Crippen molar-refractivity contribution in [2.75, 3.05) is 17.2 Å². The van der Waals surface area contributed by atoms with Crippen LogP contribution in [0.15, 0.2) is 46.8 Å². The Bertz CT molecular complexity index is 862. The van der Waals surface area contributed by atoms with Crippen molar-refractivity contribution < 1.29 is 9.59 Å². The molecule has 7 heteroatoms. The standard InChI is InChI=1S/C20H21N3O2S2/c1-13-4-6-14(7-5-13)23-17(24)9-8-15(18(23)16-3-2-11-26-16)19(25)22-20-21-10-12-27-20/h2-7,11,15,18H,8-10,12H2,1H3,(H,21,22,25)/t15-,18-/m0/s1. The van der Waals surface area contributed by atoms with Crippen LogP contribution in [0, 0.1) is 12.8 Å². The van der Waals surface area contributed by atoms with E-state index in [0.29, 0.717) is 18.0 Å². The summed E-state index contributed by atoms with van der Waals surface area (Å²) in [4.78, 5) is 33.1. The highest BCUT2D eigenvalue weighted by molar-refractivity contribution is 8.14. The lowest BCUT2D eigenvalue weighted by Crippen LogP contribution is -2.48. The van der Waals surface area contributed by atoms with E-state index >= 15 is 0 Å². The zero-order chi connectivity index (χ0) is 18.8. The number of carbonyl (C=O) groups excluding carboxylic acids is 2. The molecule has 0 radical (unpaired) electrons. The molecule has 1 aromatic carbocycles.